The smallest absolute Gasteiger partial charge is 0.229 e. The van der Waals surface area contributed by atoms with Gasteiger partial charge in [-0.15, -0.1) is 0 Å². The maximum absolute atomic E-state index is 5.35. The molecule has 4 rings (SSSR count). The van der Waals surface area contributed by atoms with Crippen LogP contribution in [0.4, 0.5) is 5.82 Å². The van der Waals surface area contributed by atoms with Gasteiger partial charge in [0, 0.05) is 24.4 Å². The summed E-state index contributed by atoms with van der Waals surface area (Å²) in [5.74, 6) is 2.85. The Balaban J connectivity index is 1.46. The zero-order chi connectivity index (χ0) is 14.8. The van der Waals surface area contributed by atoms with Gasteiger partial charge < -0.3 is 15.2 Å². The van der Waals surface area contributed by atoms with Crippen LogP contribution in [0, 0.1) is 0 Å². The maximum atomic E-state index is 5.35. The van der Waals surface area contributed by atoms with E-state index in [0.717, 1.165) is 43.3 Å². The lowest BCUT2D eigenvalue weighted by Crippen LogP contribution is -2.16. The van der Waals surface area contributed by atoms with Gasteiger partial charge in [-0.3, -0.25) is 0 Å². The topological polar surface area (TPSA) is 88.8 Å². The fourth-order valence-corrected chi connectivity index (χ4v) is 2.95. The molecular formula is C15H20N6O. The molecule has 1 aliphatic carbocycles. The van der Waals surface area contributed by atoms with Gasteiger partial charge in [-0.2, -0.15) is 4.98 Å². The molecule has 1 saturated carbocycles. The van der Waals surface area contributed by atoms with Crippen molar-refractivity contribution in [2.75, 3.05) is 18.4 Å². The highest BCUT2D eigenvalue weighted by molar-refractivity contribution is 5.46. The zero-order valence-electron chi connectivity index (χ0n) is 12.5. The summed E-state index contributed by atoms with van der Waals surface area (Å²) in [6.07, 6.45) is 7.12. The van der Waals surface area contributed by atoms with Crippen molar-refractivity contribution in [2.24, 2.45) is 0 Å². The van der Waals surface area contributed by atoms with Crippen LogP contribution < -0.4 is 10.6 Å². The molecule has 0 atom stereocenters. The second-order valence-electron chi connectivity index (χ2n) is 5.93. The summed E-state index contributed by atoms with van der Waals surface area (Å²) in [5, 5.41) is 10.8. The number of nitrogens with zero attached hydrogens (tertiary/aromatic N) is 4. The van der Waals surface area contributed by atoms with Gasteiger partial charge in [-0.1, -0.05) is 11.6 Å². The highest BCUT2D eigenvalue weighted by Crippen LogP contribution is 2.35. The SMILES string of the molecule is c1nc2c(c(NCc3noc(C4CCC4)n3)n1)CCNCC2. The molecule has 0 amide bonds. The van der Waals surface area contributed by atoms with E-state index in [1.165, 1.54) is 24.8 Å². The van der Waals surface area contributed by atoms with Crippen LogP contribution in [0.1, 0.15) is 48.2 Å². The van der Waals surface area contributed by atoms with E-state index in [0.29, 0.717) is 18.3 Å². The van der Waals surface area contributed by atoms with E-state index in [4.69, 9.17) is 4.52 Å². The summed E-state index contributed by atoms with van der Waals surface area (Å²) in [5.41, 5.74) is 2.33. The lowest BCUT2D eigenvalue weighted by molar-refractivity contribution is 0.291. The molecule has 0 radical (unpaired) electrons. The molecule has 2 aliphatic rings. The Morgan fingerprint density at radius 2 is 2.14 bits per heavy atom. The summed E-state index contributed by atoms with van der Waals surface area (Å²) in [6.45, 7) is 2.47. The number of anilines is 1. The first-order chi connectivity index (χ1) is 10.9. The monoisotopic (exact) mass is 300 g/mol. The molecule has 2 aromatic heterocycles. The number of aromatic nitrogens is 4. The lowest BCUT2D eigenvalue weighted by Gasteiger charge is -2.20. The molecule has 1 fully saturated rings. The third-order valence-electron chi connectivity index (χ3n) is 4.48. The zero-order valence-corrected chi connectivity index (χ0v) is 12.5. The van der Waals surface area contributed by atoms with Crippen molar-refractivity contribution < 1.29 is 4.52 Å². The Hall–Kier alpha value is -2.02. The average molecular weight is 300 g/mol. The molecular weight excluding hydrogens is 280 g/mol. The quantitative estimate of drug-likeness (QED) is 0.882. The average Bonchev–Trinajstić information content (AvgIpc) is 2.79. The Labute approximate surface area is 128 Å². The van der Waals surface area contributed by atoms with Crippen molar-refractivity contribution in [1.82, 2.24) is 25.4 Å². The number of hydrogen-bond donors (Lipinski definition) is 2. The predicted molar refractivity (Wildman–Crippen MR) is 80.5 cm³/mol. The summed E-state index contributed by atoms with van der Waals surface area (Å²) < 4.78 is 5.35. The van der Waals surface area contributed by atoms with Gasteiger partial charge in [-0.05, 0) is 25.8 Å². The molecule has 2 N–H and O–H groups in total. The Morgan fingerprint density at radius 3 is 3.00 bits per heavy atom. The minimum atomic E-state index is 0.475. The minimum Gasteiger partial charge on any atom is -0.362 e. The number of hydrogen-bond acceptors (Lipinski definition) is 7. The van der Waals surface area contributed by atoms with E-state index in [2.05, 4.69) is 30.7 Å². The van der Waals surface area contributed by atoms with Crippen LogP contribution in [-0.2, 0) is 19.4 Å². The van der Waals surface area contributed by atoms with E-state index in [1.807, 2.05) is 0 Å². The molecule has 0 saturated heterocycles. The third-order valence-corrected chi connectivity index (χ3v) is 4.48. The van der Waals surface area contributed by atoms with Crippen molar-refractivity contribution in [3.05, 3.63) is 29.3 Å². The molecule has 7 heteroatoms. The van der Waals surface area contributed by atoms with Crippen LogP contribution >= 0.6 is 0 Å². The minimum absolute atomic E-state index is 0.475. The van der Waals surface area contributed by atoms with Gasteiger partial charge in [0.2, 0.25) is 5.89 Å². The number of rotatable bonds is 4. The number of fused-ring (bicyclic) bond motifs is 1. The summed E-state index contributed by atoms with van der Waals surface area (Å²) in [4.78, 5) is 13.3. The molecule has 0 unspecified atom stereocenters. The molecule has 0 spiro atoms. The normalized spacial score (nSPS) is 18.4. The summed E-state index contributed by atoms with van der Waals surface area (Å²) in [7, 11) is 0. The standard InChI is InChI=1S/C15H20N6O/c1-2-10(3-1)15-20-13(21-22-15)8-17-14-11-4-6-16-7-5-12(11)18-9-19-14/h9-10,16H,1-8H2,(H,17,18,19). The van der Waals surface area contributed by atoms with E-state index in [-0.39, 0.29) is 0 Å². The second kappa shape index (κ2) is 6.00. The Bertz CT molecular complexity index is 651. The summed E-state index contributed by atoms with van der Waals surface area (Å²) >= 11 is 0. The fraction of sp³-hybridized carbons (Fsp3) is 0.600. The van der Waals surface area contributed by atoms with E-state index < -0.39 is 0 Å². The predicted octanol–water partition coefficient (Wildman–Crippen LogP) is 1.43. The highest BCUT2D eigenvalue weighted by atomic mass is 16.5. The first-order valence-electron chi connectivity index (χ1n) is 8.00. The molecule has 0 aromatic carbocycles. The van der Waals surface area contributed by atoms with Crippen LogP contribution in [0.15, 0.2) is 10.9 Å². The van der Waals surface area contributed by atoms with Gasteiger partial charge in [0.05, 0.1) is 12.2 Å². The van der Waals surface area contributed by atoms with Gasteiger partial charge in [0.15, 0.2) is 5.82 Å². The Kier molecular flexibility index (Phi) is 3.72. The third kappa shape index (κ3) is 2.68. The molecule has 3 heterocycles. The molecule has 22 heavy (non-hydrogen) atoms. The van der Waals surface area contributed by atoms with Gasteiger partial charge in [0.1, 0.15) is 12.1 Å². The van der Waals surface area contributed by atoms with Crippen molar-refractivity contribution in [3.8, 4) is 0 Å². The van der Waals surface area contributed by atoms with Crippen LogP contribution in [-0.4, -0.2) is 33.2 Å². The van der Waals surface area contributed by atoms with Crippen LogP contribution in [0.2, 0.25) is 0 Å². The van der Waals surface area contributed by atoms with Crippen LogP contribution in [0.5, 0.6) is 0 Å². The maximum Gasteiger partial charge on any atom is 0.229 e. The largest absolute Gasteiger partial charge is 0.362 e. The van der Waals surface area contributed by atoms with Crippen LogP contribution in [0.3, 0.4) is 0 Å². The van der Waals surface area contributed by atoms with E-state index >= 15 is 0 Å². The second-order valence-corrected chi connectivity index (χ2v) is 5.93. The van der Waals surface area contributed by atoms with Crippen molar-refractivity contribution in [3.63, 3.8) is 0 Å². The molecule has 116 valence electrons. The van der Waals surface area contributed by atoms with E-state index in [9.17, 15) is 0 Å². The van der Waals surface area contributed by atoms with Gasteiger partial charge in [0.25, 0.3) is 0 Å². The molecule has 7 nitrogen and oxygen atoms in total. The van der Waals surface area contributed by atoms with Gasteiger partial charge >= 0.3 is 0 Å². The van der Waals surface area contributed by atoms with Crippen LogP contribution in [0.25, 0.3) is 0 Å². The molecule has 1 aliphatic heterocycles. The van der Waals surface area contributed by atoms with Crippen molar-refractivity contribution in [2.45, 2.75) is 44.6 Å². The van der Waals surface area contributed by atoms with E-state index in [1.54, 1.807) is 6.33 Å². The summed E-state index contributed by atoms with van der Waals surface area (Å²) in [6, 6.07) is 0. The highest BCUT2D eigenvalue weighted by Gasteiger charge is 2.25. The van der Waals surface area contributed by atoms with Crippen molar-refractivity contribution >= 4 is 5.82 Å². The lowest BCUT2D eigenvalue weighted by atomic mass is 9.85. The Morgan fingerprint density at radius 1 is 1.23 bits per heavy atom. The first-order valence-corrected chi connectivity index (χ1v) is 8.00. The fourth-order valence-electron chi connectivity index (χ4n) is 2.95. The van der Waals surface area contributed by atoms with Crippen molar-refractivity contribution in [1.29, 1.82) is 0 Å². The molecule has 0 bridgehead atoms. The first kappa shape index (κ1) is 13.6. The van der Waals surface area contributed by atoms with Gasteiger partial charge in [-0.25, -0.2) is 9.97 Å². The number of nitrogens with one attached hydrogen (secondary N) is 2. The molecule has 2 aromatic rings.